The Bertz CT molecular complexity index is 488. The molecule has 0 aliphatic heterocycles. The van der Waals surface area contributed by atoms with Gasteiger partial charge in [-0.2, -0.15) is 21.0 Å². The molecule has 0 aromatic carbocycles. The normalized spacial score (nSPS) is 12.0. The van der Waals surface area contributed by atoms with E-state index in [9.17, 15) is 12.9 Å². The molecule has 3 fully saturated rings. The largest absolute Gasteiger partial charge is 2.00 e. The molecule has 0 aromatic heterocycles. The van der Waals surface area contributed by atoms with E-state index in [0.29, 0.717) is 0 Å². The third kappa shape index (κ3) is 112. The van der Waals surface area contributed by atoms with Crippen LogP contribution in [-0.2, 0) is 39.0 Å². The SMILES string of the molecule is C.C.C.CC#N.CC#N.CC#N.CC#N.CCC1CCCC1.CCC1CCCC1.CCC1CCCC1.FB(F)F.[CH3-].[CH3-].[CH3-].[F-].[Ru+2].[Ru+]. The minimum Gasteiger partial charge on any atom is -1.00 e. The van der Waals surface area contributed by atoms with Crippen LogP contribution in [0.15, 0.2) is 0 Å². The Morgan fingerprint density at radius 3 is 0.630 bits per heavy atom. The minimum absolute atomic E-state index is 0. The second kappa shape index (κ2) is 90.4. The molecule has 0 unspecified atom stereocenters. The Morgan fingerprint density at radius 2 is 0.587 bits per heavy atom. The fourth-order valence-electron chi connectivity index (χ4n) is 4.26. The Kier molecular flexibility index (Phi) is 178. The van der Waals surface area contributed by atoms with Crippen LogP contribution in [0.3, 0.4) is 0 Å². The molecule has 0 heterocycles. The van der Waals surface area contributed by atoms with Gasteiger partial charge in [0.1, 0.15) is 0 Å². The molecule has 0 spiro atoms. The summed E-state index contributed by atoms with van der Waals surface area (Å²) in [6.45, 7) is 12.6. The zero-order valence-corrected chi connectivity index (χ0v) is 32.4. The van der Waals surface area contributed by atoms with E-state index in [1.165, 1.54) is 124 Å². The van der Waals surface area contributed by atoms with E-state index in [-0.39, 0.29) is 88.2 Å². The van der Waals surface area contributed by atoms with Crippen LogP contribution in [-0.4, -0.2) is 7.54 Å². The van der Waals surface area contributed by atoms with Gasteiger partial charge in [0.05, 0.1) is 24.3 Å². The van der Waals surface area contributed by atoms with Gasteiger partial charge >= 0.3 is 46.5 Å². The summed E-state index contributed by atoms with van der Waals surface area (Å²) in [7, 11) is -3.67. The van der Waals surface area contributed by atoms with Crippen molar-refractivity contribution in [1.82, 2.24) is 0 Å². The van der Waals surface area contributed by atoms with Gasteiger partial charge in [0.2, 0.25) is 0 Å². The predicted molar refractivity (Wildman–Crippen MR) is 190 cm³/mol. The second-order valence-electron chi connectivity index (χ2n) is 8.82. The van der Waals surface area contributed by atoms with Crippen molar-refractivity contribution in [3.8, 4) is 24.3 Å². The molecule has 0 N–H and O–H groups in total. The third-order valence-electron chi connectivity index (χ3n) is 6.16. The van der Waals surface area contributed by atoms with E-state index in [1.807, 2.05) is 0 Å². The van der Waals surface area contributed by atoms with Crippen LogP contribution in [0.25, 0.3) is 0 Å². The van der Waals surface area contributed by atoms with Gasteiger partial charge in [0.15, 0.2) is 0 Å². The van der Waals surface area contributed by atoms with Gasteiger partial charge in [-0.05, 0) is 17.8 Å². The van der Waals surface area contributed by atoms with Crippen molar-refractivity contribution in [2.45, 2.75) is 167 Å². The van der Waals surface area contributed by atoms with Crippen LogP contribution in [0.4, 0.5) is 12.9 Å². The van der Waals surface area contributed by atoms with Crippen LogP contribution >= 0.6 is 0 Å². The maximum absolute atomic E-state index is 9.67. The number of nitriles is 4. The third-order valence-corrected chi connectivity index (χ3v) is 6.16. The average Bonchev–Trinajstić information content (AvgIpc) is 3.65. The Hall–Kier alpha value is -1.01. The molecule has 4 nitrogen and oxygen atoms in total. The van der Waals surface area contributed by atoms with Crippen molar-refractivity contribution in [3.63, 3.8) is 0 Å². The average molecular weight is 841 g/mol. The first-order valence-corrected chi connectivity index (χ1v) is 13.8. The molecule has 46 heavy (non-hydrogen) atoms. The molecular formula is C35H75BF4N4Ru2-. The van der Waals surface area contributed by atoms with Gasteiger partial charge in [0.25, 0.3) is 0 Å². The Morgan fingerprint density at radius 1 is 0.500 bits per heavy atom. The predicted octanol–water partition coefficient (Wildman–Crippen LogP) is 11.0. The summed E-state index contributed by atoms with van der Waals surface area (Å²) in [6.07, 6.45) is 22.3. The van der Waals surface area contributed by atoms with Crippen molar-refractivity contribution >= 4 is 7.54 Å². The summed E-state index contributed by atoms with van der Waals surface area (Å²) in [5.74, 6) is 3.29. The number of nitrogens with zero attached hydrogens (tertiary/aromatic N) is 4. The number of hydrogen-bond donors (Lipinski definition) is 0. The van der Waals surface area contributed by atoms with Gasteiger partial charge in [-0.1, -0.05) is 139 Å². The monoisotopic (exact) mass is 842 g/mol. The molecule has 11 heteroatoms. The molecule has 0 amide bonds. The van der Waals surface area contributed by atoms with E-state index >= 15 is 0 Å². The topological polar surface area (TPSA) is 95.2 Å². The van der Waals surface area contributed by atoms with E-state index in [1.54, 1.807) is 24.3 Å². The summed E-state index contributed by atoms with van der Waals surface area (Å²) < 4.78 is 29.0. The van der Waals surface area contributed by atoms with E-state index in [0.717, 1.165) is 17.8 Å². The van der Waals surface area contributed by atoms with Crippen molar-refractivity contribution in [1.29, 1.82) is 21.0 Å². The van der Waals surface area contributed by atoms with Crippen molar-refractivity contribution in [2.24, 2.45) is 17.8 Å². The first kappa shape index (κ1) is 90.7. The van der Waals surface area contributed by atoms with Crippen LogP contribution in [0.1, 0.15) is 167 Å². The van der Waals surface area contributed by atoms with Crippen LogP contribution in [0.5, 0.6) is 0 Å². The van der Waals surface area contributed by atoms with E-state index in [4.69, 9.17) is 21.0 Å². The second-order valence-corrected chi connectivity index (χ2v) is 8.82. The fraction of sp³-hybridized carbons (Fsp3) is 0.800. The maximum atomic E-state index is 9.67. The standard InChI is InChI=1S/3C7H14.4C2H3N.3CH4.3CH3.BF3.FH.2Ru/c3*1-2-7-5-3-4-6-7;4*1-2-3;;;;;;;2-1(3)4;;;/h3*7H,2-6H2,1H3;4*1H3;3*1H4;3*1H3;;1H;;/q;;;;;;;;;;3*-1;;;+1;+2/p-1. The molecule has 0 bridgehead atoms. The van der Waals surface area contributed by atoms with Crippen molar-refractivity contribution in [2.75, 3.05) is 0 Å². The molecule has 3 rings (SSSR count). The molecule has 283 valence electrons. The molecule has 0 aromatic rings. The summed E-state index contributed by atoms with van der Waals surface area (Å²) in [6, 6.07) is 7.00. The summed E-state index contributed by atoms with van der Waals surface area (Å²) in [4.78, 5) is 0. The quantitative estimate of drug-likeness (QED) is 0.161. The van der Waals surface area contributed by atoms with Crippen molar-refractivity contribution < 1.29 is 56.6 Å². The first-order valence-electron chi connectivity index (χ1n) is 13.8. The summed E-state index contributed by atoms with van der Waals surface area (Å²) >= 11 is 0. The Balaban J connectivity index is -0.0000000212. The zero-order chi connectivity index (χ0) is 29.7. The zero-order valence-electron chi connectivity index (χ0n) is 28.9. The summed E-state index contributed by atoms with van der Waals surface area (Å²) in [5.41, 5.74) is 0. The van der Waals surface area contributed by atoms with Gasteiger partial charge in [-0.3, -0.25) is 12.9 Å². The number of hydrogen-bond acceptors (Lipinski definition) is 4. The van der Waals surface area contributed by atoms with Gasteiger partial charge in [-0.25, -0.2) is 0 Å². The van der Waals surface area contributed by atoms with E-state index < -0.39 is 7.54 Å². The molecule has 0 atom stereocenters. The van der Waals surface area contributed by atoms with Gasteiger partial charge in [0, 0.05) is 27.7 Å². The number of halogens is 4. The number of rotatable bonds is 3. The van der Waals surface area contributed by atoms with Crippen LogP contribution < -0.4 is 4.70 Å². The van der Waals surface area contributed by atoms with Crippen LogP contribution in [0, 0.1) is 85.4 Å². The maximum Gasteiger partial charge on any atom is 2.00 e. The molecule has 1 radical (unpaired) electrons. The molecule has 3 aliphatic rings. The molecular weight excluding hydrogens is 765 g/mol. The van der Waals surface area contributed by atoms with E-state index in [2.05, 4.69) is 20.8 Å². The minimum atomic E-state index is -3.67. The smallest absolute Gasteiger partial charge is 1.00 e. The molecule has 3 aliphatic carbocycles. The van der Waals surface area contributed by atoms with Gasteiger partial charge in [-0.15, -0.1) is 0 Å². The molecule has 3 saturated carbocycles. The van der Waals surface area contributed by atoms with Crippen molar-refractivity contribution in [3.05, 3.63) is 22.3 Å². The molecule has 0 saturated heterocycles. The van der Waals surface area contributed by atoms with Crippen LogP contribution in [0.2, 0.25) is 0 Å². The fourth-order valence-corrected chi connectivity index (χ4v) is 4.26. The first-order chi connectivity index (χ1) is 17.7. The Labute approximate surface area is 315 Å². The van der Waals surface area contributed by atoms with Gasteiger partial charge < -0.3 is 27.0 Å². The summed E-state index contributed by atoms with van der Waals surface area (Å²) in [5, 5.41) is 29.3.